The minimum atomic E-state index is -5.33. The van der Waals surface area contributed by atoms with Gasteiger partial charge in [0.25, 0.3) is 35.9 Å². The van der Waals surface area contributed by atoms with E-state index in [0.717, 1.165) is 60.7 Å². The lowest BCUT2D eigenvalue weighted by atomic mass is 10.1. The first-order valence-electron chi connectivity index (χ1n) is 16.9. The minimum absolute atomic E-state index is 0.0890. The second kappa shape index (κ2) is 20.0. The lowest BCUT2D eigenvalue weighted by Gasteiger charge is -2.13. The smallest absolute Gasteiger partial charge is 0.392 e. The maximum atomic E-state index is 13.3. The molecule has 67 heavy (non-hydrogen) atoms. The van der Waals surface area contributed by atoms with E-state index in [4.69, 9.17) is 21.5 Å². The summed E-state index contributed by atoms with van der Waals surface area (Å²) < 4.78 is 111. The van der Waals surface area contributed by atoms with Crippen LogP contribution in [0.4, 0.5) is 39.8 Å². The highest BCUT2D eigenvalue weighted by Crippen LogP contribution is 2.51. The highest BCUT2D eigenvalue weighted by molar-refractivity contribution is 7.95. The van der Waals surface area contributed by atoms with E-state index < -0.39 is 102 Å². The van der Waals surface area contributed by atoms with Crippen molar-refractivity contribution in [2.24, 2.45) is 30.7 Å². The SMILES string of the molecule is Nc1ccc(N=Nc2c(SOOO)cc3cc(S(=O)(=O)O)c(N=Nc4ccc(N=Nc5c(C(=O)OO)[nH]n(-c6ccc(S(=O)(=O)O)cc6)c5=O)cc4SOOO)c(O)c3c2O)c(S(=O)(=O)O)c1. The van der Waals surface area contributed by atoms with Crippen LogP contribution in [0.15, 0.2) is 133 Å². The van der Waals surface area contributed by atoms with E-state index in [1.807, 2.05) is 0 Å². The molecule has 35 heteroatoms. The third kappa shape index (κ3) is 11.1. The van der Waals surface area contributed by atoms with Crippen molar-refractivity contribution in [3.05, 3.63) is 88.8 Å². The monoisotopic (exact) mass is 1030 g/mol. The second-order valence-electron chi connectivity index (χ2n) is 12.4. The molecule has 6 rings (SSSR count). The molecule has 0 amide bonds. The summed E-state index contributed by atoms with van der Waals surface area (Å²) in [5.41, 5.74) is 0.0904. The Kier molecular flexibility index (Phi) is 14.8. The van der Waals surface area contributed by atoms with Gasteiger partial charge in [-0.15, -0.1) is 34.2 Å². The summed E-state index contributed by atoms with van der Waals surface area (Å²) in [6.45, 7) is 0. The number of anilines is 1. The molecule has 0 fully saturated rings. The number of nitrogen functional groups attached to an aromatic ring is 1. The van der Waals surface area contributed by atoms with Gasteiger partial charge in [0.05, 0.1) is 55.5 Å². The number of nitrogens with two attached hydrogens (primary N) is 1. The number of aromatic amines is 1. The van der Waals surface area contributed by atoms with Gasteiger partial charge in [-0.2, -0.15) is 35.6 Å². The fourth-order valence-corrected chi connectivity index (χ4v) is 8.28. The normalized spacial score (nSPS) is 12.6. The van der Waals surface area contributed by atoms with Crippen LogP contribution in [0, 0.1) is 0 Å². The molecule has 352 valence electrons. The van der Waals surface area contributed by atoms with Crippen molar-refractivity contribution < 1.29 is 93.3 Å². The molecule has 0 aliphatic rings. The summed E-state index contributed by atoms with van der Waals surface area (Å²) in [5, 5.41) is 80.8. The molecule has 0 saturated carbocycles. The van der Waals surface area contributed by atoms with Crippen LogP contribution in [0.5, 0.6) is 11.5 Å². The maximum absolute atomic E-state index is 13.3. The topological polar surface area (TPSA) is 465 Å². The Balaban J connectivity index is 1.44. The Morgan fingerprint density at radius 1 is 0.642 bits per heavy atom. The van der Waals surface area contributed by atoms with Crippen molar-refractivity contribution in [3.8, 4) is 17.2 Å². The van der Waals surface area contributed by atoms with Gasteiger partial charge in [-0.25, -0.2) is 20.0 Å². The number of benzene rings is 5. The van der Waals surface area contributed by atoms with Gasteiger partial charge >= 0.3 is 5.97 Å². The van der Waals surface area contributed by atoms with Crippen LogP contribution in [-0.4, -0.2) is 80.6 Å². The average Bonchev–Trinajstić information content (AvgIpc) is 3.60. The molecule has 0 aliphatic heterocycles. The molecule has 1 heterocycles. The van der Waals surface area contributed by atoms with Crippen LogP contribution in [-0.2, 0) is 54.0 Å². The molecule has 6 aromatic rings. The minimum Gasteiger partial charge on any atom is -0.505 e. The van der Waals surface area contributed by atoms with E-state index in [1.54, 1.807) is 0 Å². The van der Waals surface area contributed by atoms with E-state index in [-0.39, 0.29) is 62.0 Å². The number of hydrogen-bond acceptors (Lipinski definition) is 27. The second-order valence-corrected chi connectivity index (χ2v) is 18.1. The average molecular weight is 1030 g/mol. The highest BCUT2D eigenvalue weighted by Gasteiger charge is 2.28. The maximum Gasteiger partial charge on any atom is 0.392 e. The van der Waals surface area contributed by atoms with Crippen molar-refractivity contribution >= 4 is 111 Å². The number of phenolic OH excluding ortho intramolecular Hbond substituents is 2. The van der Waals surface area contributed by atoms with Gasteiger partial charge < -0.3 is 15.9 Å². The van der Waals surface area contributed by atoms with Crippen LogP contribution in [0.2, 0.25) is 0 Å². The summed E-state index contributed by atoms with van der Waals surface area (Å²) >= 11 is 0.342. The van der Waals surface area contributed by atoms with Crippen LogP contribution in [0.25, 0.3) is 16.5 Å². The zero-order valence-corrected chi connectivity index (χ0v) is 36.1. The van der Waals surface area contributed by atoms with Gasteiger partial charge in [-0.1, -0.05) is 10.1 Å². The Bertz CT molecular complexity index is 3440. The van der Waals surface area contributed by atoms with E-state index in [0.29, 0.717) is 10.7 Å². The number of nitrogens with zero attached hydrogens (tertiary/aromatic N) is 7. The molecule has 0 aliphatic carbocycles. The molecule has 0 spiro atoms. The number of nitrogens with one attached hydrogen (secondary N) is 1. The standard InChI is InChI=1S/C32H23N9O21S5/c33-14-1-7-19(22(11-14)66(52,53)54)36-37-25-21(64-62-60-48)9-13-10-23(67(55,56)57)26(30(43)24(13)29(25)42)38-35-18-8-2-15(12-20(18)63-61-59-47)34-39-27-28(32(45)58-46)40-41(31(27)44)16-3-5-17(6-4-16)65(49,50)51/h1-12,40,42-43,46-48H,33H2,(H,49,50,51)(H,52,53,54)(H,55,56,57). The fourth-order valence-electron chi connectivity index (χ4n) is 5.53. The quantitative estimate of drug-likeness (QED) is 0.0112. The fraction of sp³-hybridized carbons (Fsp3) is 0. The number of fused-ring (bicyclic) bond motifs is 1. The number of phenols is 2. The molecular weight excluding hydrogens is 1010 g/mol. The van der Waals surface area contributed by atoms with Gasteiger partial charge in [0.1, 0.15) is 32.5 Å². The summed E-state index contributed by atoms with van der Waals surface area (Å²) in [5.74, 6) is -3.75. The lowest BCUT2D eigenvalue weighted by molar-refractivity contribution is -0.432. The largest absolute Gasteiger partial charge is 0.505 e. The van der Waals surface area contributed by atoms with Crippen molar-refractivity contribution in [2.75, 3.05) is 5.73 Å². The molecular formula is C32H23N9O21S5. The summed E-state index contributed by atoms with van der Waals surface area (Å²) in [4.78, 5) is 26.3. The third-order valence-electron chi connectivity index (χ3n) is 8.37. The number of hydrogen-bond donors (Lipinski definition) is 10. The zero-order valence-electron chi connectivity index (χ0n) is 32.1. The summed E-state index contributed by atoms with van der Waals surface area (Å²) in [6, 6.07) is 12.0. The predicted molar refractivity (Wildman–Crippen MR) is 222 cm³/mol. The molecule has 0 unspecified atom stereocenters. The van der Waals surface area contributed by atoms with E-state index in [9.17, 15) is 58.7 Å². The zero-order chi connectivity index (χ0) is 49.0. The van der Waals surface area contributed by atoms with Crippen molar-refractivity contribution in [2.45, 2.75) is 24.5 Å². The van der Waals surface area contributed by atoms with Gasteiger partial charge in [0.2, 0.25) is 0 Å². The third-order valence-corrected chi connectivity index (χ3v) is 12.2. The summed E-state index contributed by atoms with van der Waals surface area (Å²) in [7, 11) is -14.9. The van der Waals surface area contributed by atoms with Crippen molar-refractivity contribution in [1.82, 2.24) is 9.78 Å². The summed E-state index contributed by atoms with van der Waals surface area (Å²) in [6.07, 6.45) is 0. The highest BCUT2D eigenvalue weighted by atomic mass is 32.2. The Labute approximate surface area is 379 Å². The van der Waals surface area contributed by atoms with E-state index in [1.165, 1.54) is 6.07 Å². The van der Waals surface area contributed by atoms with Gasteiger partial charge in [-0.05, 0) is 78.2 Å². The number of azo groups is 3. The molecule has 0 radical (unpaired) electrons. The van der Waals surface area contributed by atoms with E-state index in [2.05, 4.69) is 59.4 Å². The van der Waals surface area contributed by atoms with Gasteiger partial charge in [-0.3, -0.25) is 28.4 Å². The predicted octanol–water partition coefficient (Wildman–Crippen LogP) is 6.78. The molecule has 1 aromatic heterocycles. The van der Waals surface area contributed by atoms with Gasteiger partial charge in [0, 0.05) is 5.69 Å². The molecule has 0 saturated heterocycles. The van der Waals surface area contributed by atoms with Crippen molar-refractivity contribution in [3.63, 3.8) is 0 Å². The molecule has 30 nitrogen and oxygen atoms in total. The number of H-pyrrole nitrogens is 1. The van der Waals surface area contributed by atoms with Crippen LogP contribution in [0.3, 0.4) is 0 Å². The van der Waals surface area contributed by atoms with Crippen LogP contribution in [0.1, 0.15) is 10.5 Å². The van der Waals surface area contributed by atoms with Gasteiger partial charge in [0.15, 0.2) is 22.9 Å². The number of aromatic nitrogens is 2. The van der Waals surface area contributed by atoms with E-state index >= 15 is 0 Å². The molecule has 0 atom stereocenters. The molecule has 0 bridgehead atoms. The number of carbonyl (C=O) groups excluding carboxylic acids is 1. The Morgan fingerprint density at radius 2 is 1.22 bits per heavy atom. The number of aromatic hydroxyl groups is 2. The molecule has 11 N–H and O–H groups in total. The first-order valence-corrected chi connectivity index (χ1v) is 22.7. The number of rotatable bonds is 17. The lowest BCUT2D eigenvalue weighted by Crippen LogP contribution is -2.14. The Morgan fingerprint density at radius 3 is 1.84 bits per heavy atom. The van der Waals surface area contributed by atoms with Crippen LogP contribution >= 0.6 is 24.1 Å². The first kappa shape index (κ1) is 49.6. The van der Waals surface area contributed by atoms with Crippen LogP contribution < -0.4 is 11.3 Å². The molecule has 5 aromatic carbocycles. The first-order chi connectivity index (χ1) is 31.6. The Hall–Kier alpha value is -6.81. The number of carbonyl (C=O) groups is 1. The van der Waals surface area contributed by atoms with Crippen molar-refractivity contribution in [1.29, 1.82) is 0 Å².